The number of nitrogens with zero attached hydrogens (tertiary/aromatic N) is 4. The van der Waals surface area contributed by atoms with Crippen LogP contribution in [0.25, 0.3) is 16.1 Å². The molecule has 0 aromatic carbocycles. The maximum Gasteiger partial charge on any atom is 0.194 e. The molecular formula is C14H10N6S2. The molecule has 3 aromatic heterocycles. The van der Waals surface area contributed by atoms with Crippen LogP contribution in [0.3, 0.4) is 0 Å². The number of aromatic nitrogens is 3. The highest BCUT2D eigenvalue weighted by atomic mass is 32.1. The van der Waals surface area contributed by atoms with Gasteiger partial charge in [0.05, 0.1) is 0 Å². The van der Waals surface area contributed by atoms with Crippen molar-refractivity contribution in [2.75, 3.05) is 0 Å². The summed E-state index contributed by atoms with van der Waals surface area (Å²) >= 11 is 6.69. The molecule has 8 heteroatoms. The molecular weight excluding hydrogens is 316 g/mol. The lowest BCUT2D eigenvalue weighted by atomic mass is 10.0. The van der Waals surface area contributed by atoms with Crippen LogP contribution in [-0.2, 0) is 6.54 Å². The molecule has 6 nitrogen and oxygen atoms in total. The van der Waals surface area contributed by atoms with Crippen molar-refractivity contribution in [1.29, 1.82) is 15.9 Å². The van der Waals surface area contributed by atoms with Crippen molar-refractivity contribution in [2.45, 2.75) is 13.5 Å². The number of rotatable bonds is 2. The van der Waals surface area contributed by atoms with Crippen molar-refractivity contribution < 1.29 is 0 Å². The van der Waals surface area contributed by atoms with Crippen LogP contribution >= 0.6 is 23.6 Å². The van der Waals surface area contributed by atoms with Gasteiger partial charge in [-0.1, -0.05) is 6.07 Å². The van der Waals surface area contributed by atoms with Crippen LogP contribution in [-0.4, -0.2) is 14.2 Å². The third-order valence-corrected chi connectivity index (χ3v) is 4.61. The lowest BCUT2D eigenvalue weighted by Crippen LogP contribution is -2.20. The maximum absolute atomic E-state index is 9.66. The summed E-state index contributed by atoms with van der Waals surface area (Å²) in [5.41, 5.74) is 1.53. The van der Waals surface area contributed by atoms with Gasteiger partial charge in [-0.2, -0.15) is 10.5 Å². The Morgan fingerprint density at radius 1 is 1.36 bits per heavy atom. The fourth-order valence-corrected chi connectivity index (χ4v) is 3.57. The Bertz CT molecular complexity index is 1070. The van der Waals surface area contributed by atoms with Gasteiger partial charge in [0.1, 0.15) is 23.3 Å². The first-order valence-electron chi connectivity index (χ1n) is 6.44. The molecule has 0 spiro atoms. The first kappa shape index (κ1) is 14.3. The number of H-pyrrole nitrogens is 1. The van der Waals surface area contributed by atoms with E-state index in [0.717, 1.165) is 4.88 Å². The van der Waals surface area contributed by atoms with E-state index in [1.54, 1.807) is 4.57 Å². The van der Waals surface area contributed by atoms with E-state index in [9.17, 15) is 10.5 Å². The van der Waals surface area contributed by atoms with Gasteiger partial charge < -0.3 is 4.57 Å². The Labute approximate surface area is 134 Å². The van der Waals surface area contributed by atoms with E-state index in [0.29, 0.717) is 28.1 Å². The van der Waals surface area contributed by atoms with E-state index < -0.39 is 0 Å². The molecule has 0 saturated heterocycles. The van der Waals surface area contributed by atoms with Gasteiger partial charge in [-0.05, 0) is 30.6 Å². The molecule has 22 heavy (non-hydrogen) atoms. The van der Waals surface area contributed by atoms with Crippen LogP contribution in [0.2, 0.25) is 0 Å². The molecule has 0 fully saturated rings. The van der Waals surface area contributed by atoms with Crippen LogP contribution in [0, 0.1) is 32.8 Å². The summed E-state index contributed by atoms with van der Waals surface area (Å²) in [4.78, 5) is 0.791. The quantitative estimate of drug-likeness (QED) is 0.709. The Morgan fingerprint density at radius 3 is 2.64 bits per heavy atom. The second kappa shape index (κ2) is 5.26. The lowest BCUT2D eigenvalue weighted by Gasteiger charge is -2.09. The maximum atomic E-state index is 9.66. The summed E-state index contributed by atoms with van der Waals surface area (Å²) < 4.78 is 3.57. The van der Waals surface area contributed by atoms with Crippen molar-refractivity contribution in [3.63, 3.8) is 0 Å². The van der Waals surface area contributed by atoms with Gasteiger partial charge in [0.2, 0.25) is 0 Å². The SMILES string of the molecule is CCn1c(=S)[nH]n2c(=N)c(C#N)c(-c3cccs3)c(C#N)c12. The minimum absolute atomic E-state index is 0.00167. The molecule has 0 atom stereocenters. The first-order valence-corrected chi connectivity index (χ1v) is 7.73. The summed E-state index contributed by atoms with van der Waals surface area (Å²) in [5.74, 6) is 0. The standard InChI is InChI=1S/C14H10N6S2/c1-2-19-13-9(7-16)11(10-4-3-5-22-10)8(6-15)12(17)20(13)18-14(19)21/h3-5,17H,2H2,1H3,(H,18,21). The number of aryl methyl sites for hydroxylation is 1. The summed E-state index contributed by atoms with van der Waals surface area (Å²) in [6.45, 7) is 2.48. The van der Waals surface area contributed by atoms with E-state index in [4.69, 9.17) is 17.6 Å². The van der Waals surface area contributed by atoms with E-state index in [1.165, 1.54) is 15.9 Å². The van der Waals surface area contributed by atoms with Gasteiger partial charge >= 0.3 is 0 Å². The molecule has 0 aliphatic rings. The van der Waals surface area contributed by atoms with Crippen molar-refractivity contribution in [1.82, 2.24) is 14.2 Å². The Hall–Kier alpha value is -2.68. The highest BCUT2D eigenvalue weighted by molar-refractivity contribution is 7.71. The number of thiophene rings is 1. The molecule has 108 valence electrons. The largest absolute Gasteiger partial charge is 0.301 e. The summed E-state index contributed by atoms with van der Waals surface area (Å²) in [6.07, 6.45) is 0. The highest BCUT2D eigenvalue weighted by Gasteiger charge is 2.21. The monoisotopic (exact) mass is 326 g/mol. The van der Waals surface area contributed by atoms with E-state index in [1.807, 2.05) is 30.5 Å². The topological polar surface area (TPSA) is 96.6 Å². The molecule has 0 saturated carbocycles. The number of hydrogen-bond donors (Lipinski definition) is 2. The first-order chi connectivity index (χ1) is 10.6. The van der Waals surface area contributed by atoms with Gasteiger partial charge in [0.15, 0.2) is 15.9 Å². The Kier molecular flexibility index (Phi) is 3.41. The van der Waals surface area contributed by atoms with Crippen molar-refractivity contribution in [2.24, 2.45) is 0 Å². The fourth-order valence-electron chi connectivity index (χ4n) is 2.48. The predicted octanol–water partition coefficient (Wildman–Crippen LogP) is 2.77. The minimum atomic E-state index is -0.00167. The van der Waals surface area contributed by atoms with Gasteiger partial charge in [-0.25, -0.2) is 4.52 Å². The van der Waals surface area contributed by atoms with E-state index >= 15 is 0 Å². The van der Waals surface area contributed by atoms with Gasteiger partial charge in [-0.15, -0.1) is 11.3 Å². The lowest BCUT2D eigenvalue weighted by molar-refractivity contribution is 0.773. The zero-order valence-electron chi connectivity index (χ0n) is 11.5. The van der Waals surface area contributed by atoms with Crippen LogP contribution in [0.4, 0.5) is 0 Å². The van der Waals surface area contributed by atoms with Gasteiger partial charge in [-0.3, -0.25) is 10.5 Å². The summed E-state index contributed by atoms with van der Waals surface area (Å²) in [7, 11) is 0. The van der Waals surface area contributed by atoms with Crippen molar-refractivity contribution in [3.8, 4) is 22.6 Å². The van der Waals surface area contributed by atoms with Gasteiger partial charge in [0.25, 0.3) is 0 Å². The average molecular weight is 326 g/mol. The number of hydrogen-bond acceptors (Lipinski definition) is 5. The normalized spacial score (nSPS) is 10.5. The molecule has 3 aromatic rings. The number of pyridine rings is 1. The second-order valence-corrected chi connectivity index (χ2v) is 5.83. The van der Waals surface area contributed by atoms with Crippen molar-refractivity contribution >= 4 is 29.2 Å². The number of aromatic amines is 1. The van der Waals surface area contributed by atoms with E-state index in [-0.39, 0.29) is 11.1 Å². The second-order valence-electron chi connectivity index (χ2n) is 4.49. The average Bonchev–Trinajstić information content (AvgIpc) is 3.14. The molecule has 0 aliphatic heterocycles. The number of nitrogens with one attached hydrogen (secondary N) is 2. The fraction of sp³-hybridized carbons (Fsp3) is 0.143. The summed E-state index contributed by atoms with van der Waals surface area (Å²) in [6, 6.07) is 7.93. The number of nitriles is 2. The summed E-state index contributed by atoms with van der Waals surface area (Å²) in [5, 5.41) is 32.2. The van der Waals surface area contributed by atoms with Crippen molar-refractivity contribution in [3.05, 3.63) is 38.9 Å². The minimum Gasteiger partial charge on any atom is -0.301 e. The molecule has 0 amide bonds. The molecule has 0 unspecified atom stereocenters. The number of fused-ring (bicyclic) bond motifs is 1. The zero-order chi connectivity index (χ0) is 15.9. The Morgan fingerprint density at radius 2 is 2.09 bits per heavy atom. The van der Waals surface area contributed by atoms with Crippen LogP contribution in [0.1, 0.15) is 18.1 Å². The zero-order valence-corrected chi connectivity index (χ0v) is 13.2. The molecule has 2 N–H and O–H groups in total. The molecule has 0 aliphatic carbocycles. The molecule has 3 heterocycles. The molecule has 3 rings (SSSR count). The van der Waals surface area contributed by atoms with Crippen LogP contribution in [0.15, 0.2) is 17.5 Å². The molecule has 0 radical (unpaired) electrons. The smallest absolute Gasteiger partial charge is 0.194 e. The van der Waals surface area contributed by atoms with Crippen LogP contribution < -0.4 is 5.49 Å². The highest BCUT2D eigenvalue weighted by Crippen LogP contribution is 2.31. The third-order valence-electron chi connectivity index (χ3n) is 3.41. The van der Waals surface area contributed by atoms with E-state index in [2.05, 4.69) is 11.2 Å². The Balaban J connectivity index is 2.67. The van der Waals surface area contributed by atoms with Gasteiger partial charge in [0, 0.05) is 17.0 Å². The predicted molar refractivity (Wildman–Crippen MR) is 84.8 cm³/mol. The van der Waals surface area contributed by atoms with Crippen LogP contribution in [0.5, 0.6) is 0 Å². The third kappa shape index (κ3) is 1.82. The molecule has 0 bridgehead atoms.